The van der Waals surface area contributed by atoms with E-state index >= 15 is 0 Å². The smallest absolute Gasteiger partial charge is 0.255 e. The molecule has 0 bridgehead atoms. The number of carbonyl (C=O) groups excluding carboxylic acids is 1. The molecule has 2 aromatic rings. The first-order valence-electron chi connectivity index (χ1n) is 6.13. The molecule has 1 unspecified atom stereocenters. The highest BCUT2D eigenvalue weighted by molar-refractivity contribution is 6.30. The Morgan fingerprint density at radius 2 is 1.90 bits per heavy atom. The van der Waals surface area contributed by atoms with Gasteiger partial charge in [-0.15, -0.1) is 0 Å². The van der Waals surface area contributed by atoms with Crippen molar-refractivity contribution in [3.63, 3.8) is 0 Å². The van der Waals surface area contributed by atoms with E-state index in [9.17, 15) is 9.90 Å². The van der Waals surface area contributed by atoms with Gasteiger partial charge in [-0.3, -0.25) is 4.79 Å². The van der Waals surface area contributed by atoms with Crippen LogP contribution in [0, 0.1) is 0 Å². The molecular formula is C15H15ClN2O2. The van der Waals surface area contributed by atoms with Crippen molar-refractivity contribution < 1.29 is 9.90 Å². The van der Waals surface area contributed by atoms with Crippen molar-refractivity contribution >= 4 is 23.2 Å². The van der Waals surface area contributed by atoms with Crippen LogP contribution in [0.2, 0.25) is 5.02 Å². The lowest BCUT2D eigenvalue weighted by Crippen LogP contribution is -2.26. The number of nitrogens with two attached hydrogens (primary N) is 1. The third-order valence-corrected chi connectivity index (χ3v) is 3.28. The molecule has 0 fully saturated rings. The van der Waals surface area contributed by atoms with Crippen LogP contribution >= 0.6 is 11.6 Å². The monoisotopic (exact) mass is 290 g/mol. The Kier molecular flexibility index (Phi) is 4.15. The van der Waals surface area contributed by atoms with Crippen LogP contribution in [-0.4, -0.2) is 11.0 Å². The molecule has 5 heteroatoms. The number of hydrogen-bond donors (Lipinski definition) is 3. The first kappa shape index (κ1) is 14.2. The Bertz CT molecular complexity index is 626. The van der Waals surface area contributed by atoms with Crippen molar-refractivity contribution in [3.05, 3.63) is 58.6 Å². The molecule has 4 N–H and O–H groups in total. The molecule has 0 saturated heterocycles. The van der Waals surface area contributed by atoms with Crippen molar-refractivity contribution in [3.8, 4) is 5.75 Å². The van der Waals surface area contributed by atoms with E-state index in [-0.39, 0.29) is 28.9 Å². The number of nitrogens with one attached hydrogen (secondary N) is 1. The van der Waals surface area contributed by atoms with Crippen molar-refractivity contribution in [1.82, 2.24) is 5.32 Å². The number of phenols is 1. The summed E-state index contributed by atoms with van der Waals surface area (Å²) in [6.45, 7) is 1.85. The quantitative estimate of drug-likeness (QED) is 0.600. The maximum atomic E-state index is 12.1. The predicted molar refractivity (Wildman–Crippen MR) is 79.9 cm³/mol. The lowest BCUT2D eigenvalue weighted by molar-refractivity contribution is 0.0937. The van der Waals surface area contributed by atoms with Crippen molar-refractivity contribution in [2.45, 2.75) is 13.0 Å². The molecule has 0 heterocycles. The van der Waals surface area contributed by atoms with Gasteiger partial charge in [0.05, 0.1) is 17.3 Å². The summed E-state index contributed by atoms with van der Waals surface area (Å²) in [5.74, 6) is -0.578. The Labute approximate surface area is 122 Å². The zero-order valence-electron chi connectivity index (χ0n) is 10.9. The topological polar surface area (TPSA) is 75.4 Å². The van der Waals surface area contributed by atoms with Crippen LogP contribution in [0.3, 0.4) is 0 Å². The standard InChI is InChI=1S/C15H15ClN2O2/c1-9(10-5-7-11(16)8-6-10)18-15(20)12-3-2-4-13(17)14(12)19/h2-9,19H,17H2,1H3,(H,18,20). The van der Waals surface area contributed by atoms with E-state index in [2.05, 4.69) is 5.32 Å². The van der Waals surface area contributed by atoms with Gasteiger partial charge in [0.15, 0.2) is 5.75 Å². The maximum Gasteiger partial charge on any atom is 0.255 e. The molecule has 104 valence electrons. The molecule has 4 nitrogen and oxygen atoms in total. The Hall–Kier alpha value is -2.20. The summed E-state index contributed by atoms with van der Waals surface area (Å²) in [5, 5.41) is 13.2. The van der Waals surface area contributed by atoms with Gasteiger partial charge in [-0.1, -0.05) is 29.8 Å². The summed E-state index contributed by atoms with van der Waals surface area (Å²) >= 11 is 5.82. The number of hydrogen-bond acceptors (Lipinski definition) is 3. The van der Waals surface area contributed by atoms with Crippen LogP contribution in [-0.2, 0) is 0 Å². The SMILES string of the molecule is CC(NC(=O)c1cccc(N)c1O)c1ccc(Cl)cc1. The summed E-state index contributed by atoms with van der Waals surface area (Å²) in [4.78, 5) is 12.1. The molecule has 0 aliphatic heterocycles. The normalized spacial score (nSPS) is 11.9. The largest absolute Gasteiger partial charge is 0.505 e. The molecular weight excluding hydrogens is 276 g/mol. The van der Waals surface area contributed by atoms with Gasteiger partial charge in [0, 0.05) is 5.02 Å². The highest BCUT2D eigenvalue weighted by Gasteiger charge is 2.15. The first-order valence-corrected chi connectivity index (χ1v) is 6.50. The number of anilines is 1. The fraction of sp³-hybridized carbons (Fsp3) is 0.133. The number of amides is 1. The molecule has 2 aromatic carbocycles. The second kappa shape index (κ2) is 5.84. The Morgan fingerprint density at radius 3 is 2.55 bits per heavy atom. The van der Waals surface area contributed by atoms with Crippen molar-refractivity contribution in [1.29, 1.82) is 0 Å². The minimum Gasteiger partial charge on any atom is -0.505 e. The predicted octanol–water partition coefficient (Wildman–Crippen LogP) is 3.12. The van der Waals surface area contributed by atoms with E-state index in [1.165, 1.54) is 12.1 Å². The van der Waals surface area contributed by atoms with Gasteiger partial charge >= 0.3 is 0 Å². The molecule has 2 rings (SSSR count). The Morgan fingerprint density at radius 1 is 1.25 bits per heavy atom. The molecule has 1 amide bonds. The zero-order valence-corrected chi connectivity index (χ0v) is 11.7. The van der Waals surface area contributed by atoms with Gasteiger partial charge in [-0.2, -0.15) is 0 Å². The van der Waals surface area contributed by atoms with Gasteiger partial charge in [0.1, 0.15) is 0 Å². The summed E-state index contributed by atoms with van der Waals surface area (Å²) in [7, 11) is 0. The van der Waals surface area contributed by atoms with E-state index < -0.39 is 0 Å². The van der Waals surface area contributed by atoms with Gasteiger partial charge in [-0.05, 0) is 36.8 Å². The summed E-state index contributed by atoms with van der Waals surface area (Å²) in [6.07, 6.45) is 0. The molecule has 0 spiro atoms. The fourth-order valence-electron chi connectivity index (χ4n) is 1.85. The summed E-state index contributed by atoms with van der Waals surface area (Å²) in [6, 6.07) is 11.7. The average Bonchev–Trinajstić information content (AvgIpc) is 2.42. The number of aromatic hydroxyl groups is 1. The van der Waals surface area contributed by atoms with Crippen LogP contribution in [0.4, 0.5) is 5.69 Å². The molecule has 0 aliphatic rings. The number of benzene rings is 2. The molecule has 0 saturated carbocycles. The summed E-state index contributed by atoms with van der Waals surface area (Å²) in [5.41, 5.74) is 6.83. The van der Waals surface area contributed by atoms with E-state index in [0.717, 1.165) is 5.56 Å². The maximum absolute atomic E-state index is 12.1. The lowest BCUT2D eigenvalue weighted by Gasteiger charge is -2.15. The van der Waals surface area contributed by atoms with E-state index in [1.54, 1.807) is 18.2 Å². The molecule has 0 aromatic heterocycles. The minimum absolute atomic E-state index is 0.158. The molecule has 0 aliphatic carbocycles. The van der Waals surface area contributed by atoms with Crippen LogP contribution < -0.4 is 11.1 Å². The van der Waals surface area contributed by atoms with Gasteiger partial charge < -0.3 is 16.2 Å². The first-order chi connectivity index (χ1) is 9.49. The van der Waals surface area contributed by atoms with Crippen LogP contribution in [0.15, 0.2) is 42.5 Å². The third-order valence-electron chi connectivity index (χ3n) is 3.03. The second-order valence-electron chi connectivity index (χ2n) is 4.49. The number of carbonyl (C=O) groups is 1. The summed E-state index contributed by atoms with van der Waals surface area (Å²) < 4.78 is 0. The number of nitrogen functional groups attached to an aromatic ring is 1. The van der Waals surface area contributed by atoms with Crippen molar-refractivity contribution in [2.75, 3.05) is 5.73 Å². The van der Waals surface area contributed by atoms with Crippen molar-refractivity contribution in [2.24, 2.45) is 0 Å². The minimum atomic E-state index is -0.378. The second-order valence-corrected chi connectivity index (χ2v) is 4.93. The van der Waals surface area contributed by atoms with E-state index in [0.29, 0.717) is 5.02 Å². The molecule has 1 atom stereocenters. The Balaban J connectivity index is 2.15. The number of rotatable bonds is 3. The van der Waals surface area contributed by atoms with Gasteiger partial charge in [0.25, 0.3) is 5.91 Å². The highest BCUT2D eigenvalue weighted by atomic mass is 35.5. The highest BCUT2D eigenvalue weighted by Crippen LogP contribution is 2.25. The lowest BCUT2D eigenvalue weighted by atomic mass is 10.1. The number of para-hydroxylation sites is 1. The van der Waals surface area contributed by atoms with E-state index in [4.69, 9.17) is 17.3 Å². The van der Waals surface area contributed by atoms with Crippen LogP contribution in [0.25, 0.3) is 0 Å². The number of halogens is 1. The number of phenolic OH excluding ortho intramolecular Hbond substituents is 1. The van der Waals surface area contributed by atoms with Gasteiger partial charge in [-0.25, -0.2) is 0 Å². The van der Waals surface area contributed by atoms with Gasteiger partial charge in [0.2, 0.25) is 0 Å². The third kappa shape index (κ3) is 3.03. The molecule has 0 radical (unpaired) electrons. The average molecular weight is 291 g/mol. The molecule has 20 heavy (non-hydrogen) atoms. The zero-order chi connectivity index (χ0) is 14.7. The van der Waals surface area contributed by atoms with Crippen LogP contribution in [0.5, 0.6) is 5.75 Å². The van der Waals surface area contributed by atoms with E-state index in [1.807, 2.05) is 19.1 Å². The fourth-order valence-corrected chi connectivity index (χ4v) is 1.98. The van der Waals surface area contributed by atoms with Crippen LogP contribution in [0.1, 0.15) is 28.9 Å².